The first kappa shape index (κ1) is 18.4. The Morgan fingerprint density at radius 1 is 1.33 bits per heavy atom. The van der Waals surface area contributed by atoms with E-state index in [1.54, 1.807) is 0 Å². The third-order valence-corrected chi connectivity index (χ3v) is 4.61. The van der Waals surface area contributed by atoms with E-state index >= 15 is 0 Å². The smallest absolute Gasteiger partial charge is 0.254 e. The summed E-state index contributed by atoms with van der Waals surface area (Å²) in [5, 5.41) is 2.98. The molecule has 10 heteroatoms. The van der Waals surface area contributed by atoms with Crippen molar-refractivity contribution in [2.45, 2.75) is 37.8 Å². The summed E-state index contributed by atoms with van der Waals surface area (Å²) >= 11 is 0. The molecule has 1 fully saturated rings. The lowest BCUT2D eigenvalue weighted by molar-refractivity contribution is 0.0996. The number of ether oxygens (including phenoxy) is 1. The summed E-state index contributed by atoms with van der Waals surface area (Å²) in [4.78, 5) is 15.2. The number of nitrogens with zero attached hydrogens (tertiary/aromatic N) is 1. The summed E-state index contributed by atoms with van der Waals surface area (Å²) in [6, 6.07) is 0.837. The standard InChI is InChI=1S/C14H21FN4O4S/c1-23-14-10(12(16)20)7-11(15)13(18-14)17-8-3-5-9(6-4-8)19-24(2,21)22/h7-9,19H,3-6H2,1-2H3,(H2,16,20)(H,17,18)/t8-,9-. The average molecular weight is 360 g/mol. The van der Waals surface area contributed by atoms with Crippen molar-refractivity contribution >= 4 is 21.7 Å². The first-order chi connectivity index (χ1) is 11.2. The molecule has 4 N–H and O–H groups in total. The van der Waals surface area contributed by atoms with Gasteiger partial charge in [0.25, 0.3) is 5.91 Å². The van der Waals surface area contributed by atoms with Gasteiger partial charge in [0.1, 0.15) is 5.56 Å². The van der Waals surface area contributed by atoms with E-state index in [1.165, 1.54) is 7.11 Å². The Labute approximate surface area is 140 Å². The van der Waals surface area contributed by atoms with Crippen LogP contribution in [0.3, 0.4) is 0 Å². The second-order valence-electron chi connectivity index (χ2n) is 5.82. The van der Waals surface area contributed by atoms with E-state index in [4.69, 9.17) is 10.5 Å². The second-order valence-corrected chi connectivity index (χ2v) is 7.60. The van der Waals surface area contributed by atoms with Crippen LogP contribution in [0.5, 0.6) is 5.88 Å². The third kappa shape index (κ3) is 4.78. The Morgan fingerprint density at radius 2 is 1.92 bits per heavy atom. The van der Waals surface area contributed by atoms with Crippen LogP contribution < -0.4 is 20.5 Å². The van der Waals surface area contributed by atoms with E-state index in [0.29, 0.717) is 25.7 Å². The van der Waals surface area contributed by atoms with Gasteiger partial charge in [-0.1, -0.05) is 0 Å². The van der Waals surface area contributed by atoms with Crippen LogP contribution in [0.15, 0.2) is 6.07 Å². The second kappa shape index (κ2) is 7.31. The number of hydrogen-bond donors (Lipinski definition) is 3. The molecule has 0 atom stereocenters. The molecule has 0 aliphatic heterocycles. The number of primary amides is 1. The van der Waals surface area contributed by atoms with E-state index < -0.39 is 21.7 Å². The number of methoxy groups -OCH3 is 1. The third-order valence-electron chi connectivity index (χ3n) is 3.85. The summed E-state index contributed by atoms with van der Waals surface area (Å²) in [7, 11) is -1.91. The van der Waals surface area contributed by atoms with Crippen LogP contribution in [0.2, 0.25) is 0 Å². The van der Waals surface area contributed by atoms with Crippen molar-refractivity contribution in [1.82, 2.24) is 9.71 Å². The first-order valence-corrected chi connectivity index (χ1v) is 9.37. The highest BCUT2D eigenvalue weighted by Crippen LogP contribution is 2.26. The van der Waals surface area contributed by atoms with Gasteiger partial charge in [0.15, 0.2) is 11.6 Å². The molecule has 134 valence electrons. The monoisotopic (exact) mass is 360 g/mol. The number of rotatable bonds is 6. The Kier molecular flexibility index (Phi) is 5.60. The van der Waals surface area contributed by atoms with Gasteiger partial charge >= 0.3 is 0 Å². The first-order valence-electron chi connectivity index (χ1n) is 7.47. The number of anilines is 1. The number of amides is 1. The molecule has 1 saturated carbocycles. The summed E-state index contributed by atoms with van der Waals surface area (Å²) in [5.41, 5.74) is 5.03. The van der Waals surface area contributed by atoms with Gasteiger partial charge in [-0.05, 0) is 31.7 Å². The van der Waals surface area contributed by atoms with Crippen LogP contribution >= 0.6 is 0 Å². The number of sulfonamides is 1. The lowest BCUT2D eigenvalue weighted by atomic mass is 9.92. The number of nitrogens with one attached hydrogen (secondary N) is 2. The van der Waals surface area contributed by atoms with Gasteiger partial charge in [0.05, 0.1) is 13.4 Å². The molecule has 1 heterocycles. The van der Waals surface area contributed by atoms with Gasteiger partial charge in [-0.2, -0.15) is 4.98 Å². The molecule has 0 aromatic carbocycles. The van der Waals surface area contributed by atoms with Crippen molar-refractivity contribution in [2.24, 2.45) is 5.73 Å². The van der Waals surface area contributed by atoms with Gasteiger partial charge in [-0.3, -0.25) is 4.79 Å². The highest BCUT2D eigenvalue weighted by Gasteiger charge is 2.25. The number of pyridine rings is 1. The Hall–Kier alpha value is -1.94. The Bertz CT molecular complexity index is 718. The molecule has 1 aliphatic carbocycles. The van der Waals surface area contributed by atoms with Crippen molar-refractivity contribution in [3.05, 3.63) is 17.4 Å². The van der Waals surface area contributed by atoms with Gasteiger partial charge in [0, 0.05) is 12.1 Å². The summed E-state index contributed by atoms with van der Waals surface area (Å²) in [6.45, 7) is 0. The molecule has 8 nitrogen and oxygen atoms in total. The lowest BCUT2D eigenvalue weighted by Crippen LogP contribution is -2.39. The average Bonchev–Trinajstić information content (AvgIpc) is 2.49. The quantitative estimate of drug-likeness (QED) is 0.683. The van der Waals surface area contributed by atoms with Crippen molar-refractivity contribution in [3.8, 4) is 5.88 Å². The molecule has 24 heavy (non-hydrogen) atoms. The predicted octanol–water partition coefficient (Wildman–Crippen LogP) is 0.600. The molecule has 0 saturated heterocycles. The van der Waals surface area contributed by atoms with Crippen LogP contribution in [-0.4, -0.2) is 44.8 Å². The highest BCUT2D eigenvalue weighted by molar-refractivity contribution is 7.88. The summed E-state index contributed by atoms with van der Waals surface area (Å²) in [5.74, 6) is -1.58. The van der Waals surface area contributed by atoms with Gasteiger partial charge in [-0.15, -0.1) is 0 Å². The fourth-order valence-corrected chi connectivity index (χ4v) is 3.60. The topological polar surface area (TPSA) is 123 Å². The number of carbonyl (C=O) groups is 1. The van der Waals surface area contributed by atoms with Gasteiger partial charge < -0.3 is 15.8 Å². The molecule has 0 spiro atoms. The van der Waals surface area contributed by atoms with Crippen molar-refractivity contribution in [1.29, 1.82) is 0 Å². The highest BCUT2D eigenvalue weighted by atomic mass is 32.2. The van der Waals surface area contributed by atoms with E-state index in [0.717, 1.165) is 12.3 Å². The van der Waals surface area contributed by atoms with Crippen molar-refractivity contribution in [2.75, 3.05) is 18.7 Å². The molecule has 1 aliphatic rings. The summed E-state index contributed by atoms with van der Waals surface area (Å²) < 4.78 is 44.1. The number of carbonyl (C=O) groups excluding carboxylic acids is 1. The minimum absolute atomic E-state index is 0.0172. The van der Waals surface area contributed by atoms with E-state index in [9.17, 15) is 17.6 Å². The van der Waals surface area contributed by atoms with E-state index in [-0.39, 0.29) is 29.3 Å². The zero-order chi connectivity index (χ0) is 17.9. The number of aromatic nitrogens is 1. The van der Waals surface area contributed by atoms with Crippen LogP contribution in [0.1, 0.15) is 36.0 Å². The van der Waals surface area contributed by atoms with Crippen LogP contribution in [0.25, 0.3) is 0 Å². The Balaban J connectivity index is 2.04. The molecule has 0 bridgehead atoms. The van der Waals surface area contributed by atoms with Gasteiger partial charge in [0.2, 0.25) is 15.9 Å². The molecule has 2 rings (SSSR count). The molecular formula is C14H21FN4O4S. The minimum Gasteiger partial charge on any atom is -0.480 e. The lowest BCUT2D eigenvalue weighted by Gasteiger charge is -2.29. The van der Waals surface area contributed by atoms with Gasteiger partial charge in [-0.25, -0.2) is 17.5 Å². The zero-order valence-corrected chi connectivity index (χ0v) is 14.3. The molecule has 1 amide bonds. The fraction of sp³-hybridized carbons (Fsp3) is 0.571. The molecule has 0 unspecified atom stereocenters. The largest absolute Gasteiger partial charge is 0.480 e. The Morgan fingerprint density at radius 3 is 2.42 bits per heavy atom. The maximum Gasteiger partial charge on any atom is 0.254 e. The zero-order valence-electron chi connectivity index (χ0n) is 13.5. The molecule has 1 aromatic rings. The maximum absolute atomic E-state index is 14.1. The predicted molar refractivity (Wildman–Crippen MR) is 86.9 cm³/mol. The fourth-order valence-electron chi connectivity index (χ4n) is 2.76. The maximum atomic E-state index is 14.1. The number of halogens is 1. The van der Waals surface area contributed by atoms with E-state index in [1.807, 2.05) is 0 Å². The normalized spacial score (nSPS) is 21.3. The van der Waals surface area contributed by atoms with Crippen molar-refractivity contribution < 1.29 is 22.3 Å². The minimum atomic E-state index is -3.23. The molecule has 1 aromatic heterocycles. The molecular weight excluding hydrogens is 339 g/mol. The number of nitrogens with two attached hydrogens (primary N) is 1. The van der Waals surface area contributed by atoms with Crippen molar-refractivity contribution in [3.63, 3.8) is 0 Å². The van der Waals surface area contributed by atoms with Crippen LogP contribution in [0, 0.1) is 5.82 Å². The SMILES string of the molecule is COc1nc(N[C@H]2CC[C@H](NS(C)(=O)=O)CC2)c(F)cc1C(N)=O. The number of hydrogen-bond acceptors (Lipinski definition) is 6. The van der Waals surface area contributed by atoms with E-state index in [2.05, 4.69) is 15.0 Å². The van der Waals surface area contributed by atoms with Crippen LogP contribution in [-0.2, 0) is 10.0 Å². The molecule has 0 radical (unpaired) electrons. The van der Waals surface area contributed by atoms with Crippen LogP contribution in [0.4, 0.5) is 10.2 Å². The summed E-state index contributed by atoms with van der Waals surface area (Å²) in [6.07, 6.45) is 3.73.